The number of benzene rings is 1. The number of aromatic nitrogens is 3. The molecular weight excluding hydrogens is 368 g/mol. The number of hydrogen-bond acceptors (Lipinski definition) is 5. The summed E-state index contributed by atoms with van der Waals surface area (Å²) < 4.78 is 1.66. The van der Waals surface area contributed by atoms with Gasteiger partial charge in [-0.05, 0) is 43.5 Å². The molecule has 1 aliphatic rings. The lowest BCUT2D eigenvalue weighted by Crippen LogP contribution is -2.35. The number of nitriles is 1. The third-order valence-electron chi connectivity index (χ3n) is 5.08. The molecular formula is C21H20N6O2. The number of amides is 2. The lowest BCUT2D eigenvalue weighted by molar-refractivity contribution is 0.0724. The second kappa shape index (κ2) is 7.72. The summed E-state index contributed by atoms with van der Waals surface area (Å²) in [5, 5.41) is 11.7. The van der Waals surface area contributed by atoms with Crippen LogP contribution < -0.4 is 5.32 Å². The predicted octanol–water partition coefficient (Wildman–Crippen LogP) is 2.72. The number of hydrogen-bond donors (Lipinski definition) is 1. The van der Waals surface area contributed by atoms with Crippen molar-refractivity contribution in [3.8, 4) is 6.07 Å². The van der Waals surface area contributed by atoms with Gasteiger partial charge in [0.15, 0.2) is 5.65 Å². The molecule has 0 bridgehead atoms. The molecule has 8 nitrogen and oxygen atoms in total. The molecule has 2 amide bonds. The Balaban J connectivity index is 1.59. The molecule has 0 saturated carbocycles. The number of piperidine rings is 1. The Kier molecular flexibility index (Phi) is 4.96. The van der Waals surface area contributed by atoms with Gasteiger partial charge in [0.05, 0.1) is 17.2 Å². The van der Waals surface area contributed by atoms with E-state index >= 15 is 0 Å². The highest BCUT2D eigenvalue weighted by Crippen LogP contribution is 2.20. The van der Waals surface area contributed by atoms with Crippen molar-refractivity contribution in [2.45, 2.75) is 19.3 Å². The maximum absolute atomic E-state index is 12.7. The van der Waals surface area contributed by atoms with E-state index in [1.54, 1.807) is 42.1 Å². The van der Waals surface area contributed by atoms with Crippen LogP contribution in [0.4, 0.5) is 5.95 Å². The number of imidazole rings is 1. The van der Waals surface area contributed by atoms with E-state index in [1.807, 2.05) is 11.0 Å². The summed E-state index contributed by atoms with van der Waals surface area (Å²) in [5.41, 5.74) is 2.38. The summed E-state index contributed by atoms with van der Waals surface area (Å²) in [6.45, 7) is 1.53. The van der Waals surface area contributed by atoms with Gasteiger partial charge in [0.1, 0.15) is 5.52 Å². The molecule has 3 heterocycles. The fourth-order valence-corrected chi connectivity index (χ4v) is 3.49. The van der Waals surface area contributed by atoms with E-state index in [-0.39, 0.29) is 11.8 Å². The Hall–Kier alpha value is -3.73. The Morgan fingerprint density at radius 2 is 1.93 bits per heavy atom. The van der Waals surface area contributed by atoms with E-state index in [9.17, 15) is 9.59 Å². The van der Waals surface area contributed by atoms with Gasteiger partial charge in [-0.2, -0.15) is 5.26 Å². The Labute approximate surface area is 167 Å². The molecule has 1 fully saturated rings. The van der Waals surface area contributed by atoms with Crippen LogP contribution in [0.15, 0.2) is 36.5 Å². The highest BCUT2D eigenvalue weighted by molar-refractivity contribution is 6.04. The number of nitrogens with zero attached hydrogens (tertiary/aromatic N) is 5. The fraction of sp³-hybridized carbons (Fsp3) is 0.286. The normalized spacial score (nSPS) is 13.9. The minimum Gasteiger partial charge on any atom is -0.339 e. The van der Waals surface area contributed by atoms with E-state index in [1.165, 1.54) is 6.07 Å². The van der Waals surface area contributed by atoms with Crippen LogP contribution in [-0.2, 0) is 7.05 Å². The van der Waals surface area contributed by atoms with Crippen LogP contribution in [0, 0.1) is 11.3 Å². The largest absolute Gasteiger partial charge is 0.339 e. The van der Waals surface area contributed by atoms with Crippen molar-refractivity contribution in [3.63, 3.8) is 0 Å². The van der Waals surface area contributed by atoms with Gasteiger partial charge in [-0.15, -0.1) is 0 Å². The number of carbonyl (C=O) groups is 2. The van der Waals surface area contributed by atoms with Gasteiger partial charge in [-0.3, -0.25) is 19.5 Å². The highest BCUT2D eigenvalue weighted by Gasteiger charge is 2.20. The van der Waals surface area contributed by atoms with Crippen molar-refractivity contribution in [2.24, 2.45) is 7.05 Å². The first-order chi connectivity index (χ1) is 14.1. The fourth-order valence-electron chi connectivity index (χ4n) is 3.49. The molecule has 0 spiro atoms. The van der Waals surface area contributed by atoms with Crippen molar-refractivity contribution in [2.75, 3.05) is 18.4 Å². The monoisotopic (exact) mass is 388 g/mol. The van der Waals surface area contributed by atoms with E-state index in [0.29, 0.717) is 33.8 Å². The van der Waals surface area contributed by atoms with Crippen molar-refractivity contribution in [1.29, 1.82) is 5.26 Å². The van der Waals surface area contributed by atoms with Gasteiger partial charge in [0.2, 0.25) is 5.95 Å². The molecule has 0 radical (unpaired) electrons. The second-order valence-electron chi connectivity index (χ2n) is 7.06. The molecule has 1 N–H and O–H groups in total. The summed E-state index contributed by atoms with van der Waals surface area (Å²) >= 11 is 0. The van der Waals surface area contributed by atoms with Crippen LogP contribution in [0.3, 0.4) is 0 Å². The van der Waals surface area contributed by atoms with Gasteiger partial charge < -0.3 is 4.90 Å². The van der Waals surface area contributed by atoms with Crippen molar-refractivity contribution in [1.82, 2.24) is 19.4 Å². The first-order valence-corrected chi connectivity index (χ1v) is 9.50. The molecule has 1 saturated heterocycles. The third kappa shape index (κ3) is 3.67. The molecule has 0 aliphatic carbocycles. The smallest absolute Gasteiger partial charge is 0.258 e. The van der Waals surface area contributed by atoms with Crippen LogP contribution >= 0.6 is 0 Å². The average Bonchev–Trinajstić information content (AvgIpc) is 3.08. The molecule has 29 heavy (non-hydrogen) atoms. The van der Waals surface area contributed by atoms with Crippen LogP contribution in [0.25, 0.3) is 11.2 Å². The lowest BCUT2D eigenvalue weighted by atomic mass is 10.1. The Bertz CT molecular complexity index is 1140. The topological polar surface area (TPSA) is 104 Å². The summed E-state index contributed by atoms with van der Waals surface area (Å²) in [6, 6.07) is 10.2. The lowest BCUT2D eigenvalue weighted by Gasteiger charge is -2.26. The number of rotatable bonds is 3. The van der Waals surface area contributed by atoms with E-state index in [4.69, 9.17) is 5.26 Å². The molecule has 3 aromatic rings. The summed E-state index contributed by atoms with van der Waals surface area (Å²) in [6.07, 6.45) is 4.76. The number of nitrogens with one attached hydrogen (secondary N) is 1. The van der Waals surface area contributed by atoms with Crippen molar-refractivity contribution >= 4 is 28.9 Å². The van der Waals surface area contributed by atoms with Crippen LogP contribution in [-0.4, -0.2) is 44.3 Å². The van der Waals surface area contributed by atoms with Gasteiger partial charge in [0, 0.05) is 31.9 Å². The third-order valence-corrected chi connectivity index (χ3v) is 5.08. The number of fused-ring (bicyclic) bond motifs is 1. The van der Waals surface area contributed by atoms with Gasteiger partial charge in [-0.1, -0.05) is 6.07 Å². The van der Waals surface area contributed by atoms with E-state index in [2.05, 4.69) is 15.3 Å². The number of pyridine rings is 1. The van der Waals surface area contributed by atoms with Crippen LogP contribution in [0.1, 0.15) is 45.5 Å². The zero-order valence-electron chi connectivity index (χ0n) is 16.1. The summed E-state index contributed by atoms with van der Waals surface area (Å²) in [7, 11) is 1.75. The first kappa shape index (κ1) is 18.6. The number of aryl methyl sites for hydroxylation is 1. The molecule has 2 aromatic heterocycles. The van der Waals surface area contributed by atoms with E-state index < -0.39 is 0 Å². The quantitative estimate of drug-likeness (QED) is 0.743. The molecule has 0 atom stereocenters. The Morgan fingerprint density at radius 3 is 2.69 bits per heavy atom. The van der Waals surface area contributed by atoms with Gasteiger partial charge in [-0.25, -0.2) is 9.97 Å². The number of likely N-dealkylation sites (tertiary alicyclic amines) is 1. The minimum atomic E-state index is -0.370. The standard InChI is InChI=1S/C21H20N6O2/c1-26-18-17(11-16(13-23-18)20(29)27-8-3-2-4-9-27)24-21(26)25-19(28)15-7-5-6-14(10-15)12-22/h5-7,10-11,13H,2-4,8-9H2,1H3,(H,24,25,28). The zero-order chi connectivity index (χ0) is 20.4. The SMILES string of the molecule is Cn1c(NC(=O)c2cccc(C#N)c2)nc2cc(C(=O)N3CCCCC3)cnc21. The molecule has 4 rings (SSSR count). The van der Waals surface area contributed by atoms with Crippen LogP contribution in [0.2, 0.25) is 0 Å². The van der Waals surface area contributed by atoms with E-state index in [0.717, 1.165) is 32.4 Å². The first-order valence-electron chi connectivity index (χ1n) is 9.50. The van der Waals surface area contributed by atoms with Gasteiger partial charge in [0.25, 0.3) is 11.8 Å². The highest BCUT2D eigenvalue weighted by atomic mass is 16.2. The number of anilines is 1. The average molecular weight is 388 g/mol. The summed E-state index contributed by atoms with van der Waals surface area (Å²) in [4.78, 5) is 35.9. The van der Waals surface area contributed by atoms with Crippen molar-refractivity contribution in [3.05, 3.63) is 53.2 Å². The zero-order valence-corrected chi connectivity index (χ0v) is 16.1. The predicted molar refractivity (Wildman–Crippen MR) is 107 cm³/mol. The summed E-state index contributed by atoms with van der Waals surface area (Å²) in [5.74, 6) is -0.0868. The van der Waals surface area contributed by atoms with Gasteiger partial charge >= 0.3 is 0 Å². The second-order valence-corrected chi connectivity index (χ2v) is 7.06. The maximum atomic E-state index is 12.7. The maximum Gasteiger partial charge on any atom is 0.258 e. The van der Waals surface area contributed by atoms with Crippen LogP contribution in [0.5, 0.6) is 0 Å². The molecule has 1 aliphatic heterocycles. The molecule has 1 aromatic carbocycles. The molecule has 0 unspecified atom stereocenters. The molecule has 146 valence electrons. The Morgan fingerprint density at radius 1 is 1.14 bits per heavy atom. The number of carbonyl (C=O) groups excluding carboxylic acids is 2. The molecule has 8 heteroatoms. The van der Waals surface area contributed by atoms with Crippen molar-refractivity contribution < 1.29 is 9.59 Å². The minimum absolute atomic E-state index is 0.0383.